The van der Waals surface area contributed by atoms with E-state index in [2.05, 4.69) is 11.9 Å². The highest BCUT2D eigenvalue weighted by Crippen LogP contribution is 2.26. The number of carbonyl (C=O) groups excluding carboxylic acids is 1. The maximum absolute atomic E-state index is 12.1. The van der Waals surface area contributed by atoms with Gasteiger partial charge in [0.1, 0.15) is 0 Å². The molecule has 10 heteroatoms. The molecule has 26 heavy (non-hydrogen) atoms. The van der Waals surface area contributed by atoms with Crippen molar-refractivity contribution in [3.05, 3.63) is 12.2 Å². The quantitative estimate of drug-likeness (QED) is 0.186. The Kier molecular flexibility index (Phi) is 8.91. The van der Waals surface area contributed by atoms with Crippen LogP contribution in [-0.2, 0) is 19.7 Å². The van der Waals surface area contributed by atoms with E-state index in [1.165, 1.54) is 0 Å². The van der Waals surface area contributed by atoms with Gasteiger partial charge in [-0.05, 0) is 20.3 Å². The lowest BCUT2D eigenvalue weighted by Gasteiger charge is -2.49. The lowest BCUT2D eigenvalue weighted by molar-refractivity contribution is -0.941. The van der Waals surface area contributed by atoms with Crippen LogP contribution in [0.15, 0.2) is 12.2 Å². The Bertz CT molecular complexity index is 632. The first-order valence-electron chi connectivity index (χ1n) is 8.39. The zero-order valence-electron chi connectivity index (χ0n) is 16.3. The standard InChI is InChI=1S/C16H31N3O6S/c1-7-19(5,6)16(4,15(21)22)18(10-8-12-26(23,24)25)11-9-17-14(20)13(2)3/h2,7-12H2,1,3-6H3,(H2-,17,20,21,22,23,24,25)/p+1. The molecule has 1 amide bonds. The molecule has 0 aromatic heterocycles. The molecule has 0 saturated carbocycles. The van der Waals surface area contributed by atoms with Crippen molar-refractivity contribution in [1.29, 1.82) is 0 Å². The third-order valence-electron chi connectivity index (χ3n) is 4.88. The van der Waals surface area contributed by atoms with Crippen molar-refractivity contribution in [3.8, 4) is 0 Å². The monoisotopic (exact) mass is 394 g/mol. The van der Waals surface area contributed by atoms with Crippen molar-refractivity contribution in [3.63, 3.8) is 0 Å². The van der Waals surface area contributed by atoms with Crippen LogP contribution in [0, 0.1) is 0 Å². The van der Waals surface area contributed by atoms with Crippen LogP contribution in [0.2, 0.25) is 0 Å². The van der Waals surface area contributed by atoms with Crippen molar-refractivity contribution < 1.29 is 32.1 Å². The lowest BCUT2D eigenvalue weighted by Crippen LogP contribution is -2.71. The van der Waals surface area contributed by atoms with Crippen LogP contribution in [0.1, 0.15) is 27.2 Å². The molecule has 0 aliphatic heterocycles. The molecule has 152 valence electrons. The molecule has 1 atom stereocenters. The minimum Gasteiger partial charge on any atom is -0.476 e. The lowest BCUT2D eigenvalue weighted by atomic mass is 10.1. The SMILES string of the molecule is C=C(C)C(=O)NCCN(CCCS(=O)(=O)O)C(C)(C(=O)O)[N+](C)(C)CC. The van der Waals surface area contributed by atoms with Gasteiger partial charge in [-0.2, -0.15) is 8.42 Å². The zero-order chi connectivity index (χ0) is 20.8. The van der Waals surface area contributed by atoms with Crippen molar-refractivity contribution in [2.24, 2.45) is 0 Å². The molecule has 0 fully saturated rings. The van der Waals surface area contributed by atoms with E-state index in [1.54, 1.807) is 32.8 Å². The molecule has 0 aliphatic rings. The van der Waals surface area contributed by atoms with Crippen molar-refractivity contribution in [2.75, 3.05) is 46.0 Å². The number of carboxylic acids is 1. The normalized spacial score (nSPS) is 14.7. The Morgan fingerprint density at radius 2 is 1.81 bits per heavy atom. The Labute approximate surface area is 156 Å². The van der Waals surface area contributed by atoms with Gasteiger partial charge in [-0.25, -0.2) is 9.69 Å². The van der Waals surface area contributed by atoms with E-state index < -0.39 is 27.5 Å². The van der Waals surface area contributed by atoms with E-state index in [4.69, 9.17) is 4.55 Å². The Morgan fingerprint density at radius 1 is 1.27 bits per heavy atom. The van der Waals surface area contributed by atoms with Gasteiger partial charge >= 0.3 is 5.97 Å². The molecule has 1 unspecified atom stereocenters. The van der Waals surface area contributed by atoms with Crippen LogP contribution in [0.4, 0.5) is 0 Å². The van der Waals surface area contributed by atoms with Crippen molar-refractivity contribution >= 4 is 22.0 Å². The fraction of sp³-hybridized carbons (Fsp3) is 0.750. The van der Waals surface area contributed by atoms with Crippen LogP contribution in [-0.4, -0.2) is 91.0 Å². The molecule has 0 aromatic rings. The van der Waals surface area contributed by atoms with Gasteiger partial charge in [-0.3, -0.25) is 9.35 Å². The van der Waals surface area contributed by atoms with Gasteiger partial charge < -0.3 is 14.9 Å². The van der Waals surface area contributed by atoms with Crippen LogP contribution in [0.25, 0.3) is 0 Å². The number of aliphatic carboxylic acids is 1. The summed E-state index contributed by atoms with van der Waals surface area (Å²) in [5.41, 5.74) is -1.00. The van der Waals surface area contributed by atoms with E-state index in [-0.39, 0.29) is 36.4 Å². The van der Waals surface area contributed by atoms with Crippen LogP contribution in [0.5, 0.6) is 0 Å². The molecule has 3 N–H and O–H groups in total. The first kappa shape index (κ1) is 24.5. The first-order valence-corrected chi connectivity index (χ1v) is 10.0. The number of hydrogen-bond donors (Lipinski definition) is 3. The second-order valence-corrected chi connectivity index (χ2v) is 8.56. The number of likely N-dealkylation sites (N-methyl/N-ethyl adjacent to an activating group) is 1. The van der Waals surface area contributed by atoms with Crippen LogP contribution < -0.4 is 5.32 Å². The topological polar surface area (TPSA) is 124 Å². The second-order valence-electron chi connectivity index (χ2n) is 6.99. The molecule has 0 aliphatic carbocycles. The molecule has 0 spiro atoms. The molecule has 0 bridgehead atoms. The number of carboxylic acid groups (broad SMARTS) is 1. The number of quaternary nitrogens is 1. The Hall–Kier alpha value is -1.49. The van der Waals surface area contributed by atoms with Gasteiger partial charge in [0, 0.05) is 32.1 Å². The largest absolute Gasteiger partial charge is 0.476 e. The zero-order valence-corrected chi connectivity index (χ0v) is 17.1. The molecule has 0 aromatic carbocycles. The number of rotatable bonds is 12. The maximum atomic E-state index is 12.1. The molecular weight excluding hydrogens is 362 g/mol. The average molecular weight is 395 g/mol. The summed E-state index contributed by atoms with van der Waals surface area (Å²) >= 11 is 0. The molecular formula is C16H32N3O6S+. The van der Waals surface area contributed by atoms with Crippen LogP contribution in [0.3, 0.4) is 0 Å². The van der Waals surface area contributed by atoms with Gasteiger partial charge in [0.15, 0.2) is 0 Å². The third kappa shape index (κ3) is 6.67. The summed E-state index contributed by atoms with van der Waals surface area (Å²) in [6, 6.07) is 0. The maximum Gasteiger partial charge on any atom is 0.382 e. The number of nitrogens with one attached hydrogen (secondary N) is 1. The number of hydrogen-bond acceptors (Lipinski definition) is 5. The van der Waals surface area contributed by atoms with E-state index in [1.807, 2.05) is 6.92 Å². The summed E-state index contributed by atoms with van der Waals surface area (Å²) in [5, 5.41) is 12.6. The average Bonchev–Trinajstić information content (AvgIpc) is 2.50. The van der Waals surface area contributed by atoms with Gasteiger partial charge in [0.2, 0.25) is 5.91 Å². The fourth-order valence-corrected chi connectivity index (χ4v) is 3.02. The van der Waals surface area contributed by atoms with Gasteiger partial charge in [0.05, 0.1) is 26.4 Å². The van der Waals surface area contributed by atoms with E-state index in [0.717, 1.165) is 0 Å². The summed E-state index contributed by atoms with van der Waals surface area (Å²) in [6.07, 6.45) is 0.0693. The molecule has 0 rings (SSSR count). The summed E-state index contributed by atoms with van der Waals surface area (Å²) in [6.45, 7) is 9.59. The summed E-state index contributed by atoms with van der Waals surface area (Å²) in [5.74, 6) is -1.84. The van der Waals surface area contributed by atoms with Gasteiger partial charge in [-0.1, -0.05) is 6.58 Å². The number of amides is 1. The molecule has 0 saturated heterocycles. The second kappa shape index (κ2) is 9.45. The van der Waals surface area contributed by atoms with Gasteiger partial charge in [0.25, 0.3) is 15.8 Å². The highest BCUT2D eigenvalue weighted by molar-refractivity contribution is 7.85. The van der Waals surface area contributed by atoms with Crippen molar-refractivity contribution in [2.45, 2.75) is 32.9 Å². The number of carbonyl (C=O) groups is 2. The van der Waals surface area contributed by atoms with Crippen molar-refractivity contribution in [1.82, 2.24) is 10.2 Å². The highest BCUT2D eigenvalue weighted by atomic mass is 32.2. The van der Waals surface area contributed by atoms with E-state index >= 15 is 0 Å². The van der Waals surface area contributed by atoms with Gasteiger partial charge in [-0.15, -0.1) is 0 Å². The molecule has 0 radical (unpaired) electrons. The fourth-order valence-electron chi connectivity index (χ4n) is 2.53. The third-order valence-corrected chi connectivity index (χ3v) is 5.68. The minimum atomic E-state index is -4.13. The minimum absolute atomic E-state index is 0.0693. The smallest absolute Gasteiger partial charge is 0.382 e. The van der Waals surface area contributed by atoms with E-state index in [9.17, 15) is 23.1 Å². The molecule has 9 nitrogen and oxygen atoms in total. The number of nitrogens with zero attached hydrogens (tertiary/aromatic N) is 2. The summed E-state index contributed by atoms with van der Waals surface area (Å²) < 4.78 is 31.0. The summed E-state index contributed by atoms with van der Waals surface area (Å²) in [4.78, 5) is 25.4. The molecule has 0 heterocycles. The van der Waals surface area contributed by atoms with Crippen LogP contribution >= 0.6 is 0 Å². The Balaban J connectivity index is 5.47. The first-order chi connectivity index (χ1) is 11.7. The summed E-state index contributed by atoms with van der Waals surface area (Å²) in [7, 11) is -0.584. The van der Waals surface area contributed by atoms with E-state index in [0.29, 0.717) is 12.1 Å². The predicted octanol–water partition coefficient (Wildman–Crippen LogP) is 0.156. The highest BCUT2D eigenvalue weighted by Gasteiger charge is 2.52. The predicted molar refractivity (Wildman–Crippen MR) is 99.1 cm³/mol. The Morgan fingerprint density at radius 3 is 2.19 bits per heavy atom.